The molecule has 1 amide bonds. The molecule has 1 aliphatic rings. The summed E-state index contributed by atoms with van der Waals surface area (Å²) < 4.78 is 0. The summed E-state index contributed by atoms with van der Waals surface area (Å²) in [5.41, 5.74) is 5.41. The number of fused-ring (bicyclic) bond motifs is 1. The van der Waals surface area contributed by atoms with Gasteiger partial charge in [-0.1, -0.05) is 42.5 Å². The molecule has 0 spiro atoms. The summed E-state index contributed by atoms with van der Waals surface area (Å²) in [4.78, 5) is 19.1. The van der Waals surface area contributed by atoms with Crippen molar-refractivity contribution < 1.29 is 9.90 Å². The van der Waals surface area contributed by atoms with Gasteiger partial charge in [0.15, 0.2) is 0 Å². The maximum absolute atomic E-state index is 13.3. The fraction of sp³-hybridized carbons (Fsp3) is 0.179. The van der Waals surface area contributed by atoms with Crippen LogP contribution in [-0.2, 0) is 13.0 Å². The van der Waals surface area contributed by atoms with E-state index in [9.17, 15) is 9.90 Å². The average Bonchev–Trinajstić information content (AvgIpc) is 3.39. The molecule has 0 bridgehead atoms. The zero-order valence-electron chi connectivity index (χ0n) is 19.1. The second-order valence-electron chi connectivity index (χ2n) is 8.54. The normalized spacial score (nSPS) is 13.6. The molecule has 5 rings (SSSR count). The number of carbonyl (C=O) groups is 1. The molecule has 0 saturated carbocycles. The number of nitrogens with zero attached hydrogens (tertiary/aromatic N) is 1. The molecule has 0 radical (unpaired) electrons. The highest BCUT2D eigenvalue weighted by Gasteiger charge is 2.23. The molecule has 176 valence electrons. The average molecular weight is 483 g/mol. The fourth-order valence-electron chi connectivity index (χ4n) is 4.46. The van der Waals surface area contributed by atoms with Gasteiger partial charge in [-0.15, -0.1) is 11.3 Å². The van der Waals surface area contributed by atoms with E-state index in [2.05, 4.69) is 33.8 Å². The highest BCUT2D eigenvalue weighted by Crippen LogP contribution is 2.34. The van der Waals surface area contributed by atoms with E-state index in [1.54, 1.807) is 36.7 Å². The Hall–Kier alpha value is -3.81. The van der Waals surface area contributed by atoms with Crippen LogP contribution in [-0.4, -0.2) is 28.3 Å². The molecule has 1 aliphatic heterocycles. The van der Waals surface area contributed by atoms with Crippen LogP contribution < -0.4 is 10.6 Å². The van der Waals surface area contributed by atoms with Gasteiger partial charge in [0.1, 0.15) is 5.75 Å². The number of amides is 1. The van der Waals surface area contributed by atoms with Crippen molar-refractivity contribution in [1.82, 2.24) is 15.6 Å². The van der Waals surface area contributed by atoms with Crippen molar-refractivity contribution in [1.29, 1.82) is 5.41 Å². The number of thiophene rings is 1. The number of carbonyl (C=O) groups excluding carboxylic acids is 1. The summed E-state index contributed by atoms with van der Waals surface area (Å²) in [5, 5.41) is 25.5. The monoisotopic (exact) mass is 482 g/mol. The molecule has 0 saturated heterocycles. The number of aromatic hydroxyl groups is 1. The molecule has 1 unspecified atom stereocenters. The van der Waals surface area contributed by atoms with E-state index in [1.807, 2.05) is 24.3 Å². The van der Waals surface area contributed by atoms with Gasteiger partial charge in [-0.3, -0.25) is 9.78 Å². The Bertz CT molecular complexity index is 1370. The second kappa shape index (κ2) is 10.2. The zero-order valence-corrected chi connectivity index (χ0v) is 19.9. The van der Waals surface area contributed by atoms with Crippen molar-refractivity contribution in [3.8, 4) is 16.2 Å². The molecule has 6 nitrogen and oxygen atoms in total. The Kier molecular flexibility index (Phi) is 6.70. The van der Waals surface area contributed by atoms with E-state index in [4.69, 9.17) is 5.41 Å². The van der Waals surface area contributed by atoms with Crippen LogP contribution in [0.5, 0.6) is 5.75 Å². The van der Waals surface area contributed by atoms with Crippen molar-refractivity contribution in [3.63, 3.8) is 0 Å². The van der Waals surface area contributed by atoms with Crippen molar-refractivity contribution in [2.45, 2.75) is 25.4 Å². The lowest BCUT2D eigenvalue weighted by Gasteiger charge is -2.20. The maximum Gasteiger partial charge on any atom is 0.261 e. The summed E-state index contributed by atoms with van der Waals surface area (Å²) in [6.45, 7) is 1.81. The van der Waals surface area contributed by atoms with Crippen LogP contribution in [0.1, 0.15) is 44.4 Å². The van der Waals surface area contributed by atoms with Gasteiger partial charge in [-0.05, 0) is 53.9 Å². The molecule has 4 aromatic rings. The van der Waals surface area contributed by atoms with Gasteiger partial charge in [-0.2, -0.15) is 0 Å². The van der Waals surface area contributed by atoms with Crippen molar-refractivity contribution >= 4 is 23.0 Å². The molecule has 2 aromatic carbocycles. The SMILES string of the molecule is N=C(CC(NC(=O)c1ccc(-c2cccc3c2CNCC3)s1)c1ccccc1O)c1cccnc1. The van der Waals surface area contributed by atoms with Crippen molar-refractivity contribution in [2.75, 3.05) is 6.54 Å². The maximum atomic E-state index is 13.3. The van der Waals surface area contributed by atoms with Crippen LogP contribution in [0.25, 0.3) is 10.4 Å². The number of phenolic OH excluding ortho intramolecular Hbond substituents is 1. The van der Waals surface area contributed by atoms with Crippen LogP contribution in [0.3, 0.4) is 0 Å². The standard InChI is InChI=1S/C28H26N4O2S/c29-23(19-6-4-13-30-16-19)15-24(21-7-1-2-9-25(21)33)32-28(34)27-11-10-26(35-27)20-8-3-5-18-12-14-31-17-22(18)20/h1-11,13,16,24,29,31,33H,12,14-15,17H2,(H,32,34). The largest absolute Gasteiger partial charge is 0.508 e. The predicted octanol–water partition coefficient (Wildman–Crippen LogP) is 5.09. The number of hydrogen-bond donors (Lipinski definition) is 4. The van der Waals surface area contributed by atoms with Gasteiger partial charge in [0, 0.05) is 47.1 Å². The predicted molar refractivity (Wildman–Crippen MR) is 139 cm³/mol. The number of phenols is 1. The number of aromatic nitrogens is 1. The Labute approximate surface area is 208 Å². The fourth-order valence-corrected chi connectivity index (χ4v) is 5.43. The molecule has 3 heterocycles. The number of para-hydroxylation sites is 1. The van der Waals surface area contributed by atoms with Crippen LogP contribution in [0.2, 0.25) is 0 Å². The quantitative estimate of drug-likeness (QED) is 0.276. The second-order valence-corrected chi connectivity index (χ2v) is 9.63. The molecule has 2 aromatic heterocycles. The van der Waals surface area contributed by atoms with Crippen molar-refractivity contribution in [3.05, 3.63) is 106 Å². The van der Waals surface area contributed by atoms with Gasteiger partial charge >= 0.3 is 0 Å². The smallest absolute Gasteiger partial charge is 0.261 e. The molecular formula is C28H26N4O2S. The third-order valence-electron chi connectivity index (χ3n) is 6.28. The number of benzene rings is 2. The molecule has 35 heavy (non-hydrogen) atoms. The third-order valence-corrected chi connectivity index (χ3v) is 7.39. The third kappa shape index (κ3) is 5.01. The lowest BCUT2D eigenvalue weighted by atomic mass is 9.95. The van der Waals surface area contributed by atoms with E-state index in [1.165, 1.54) is 22.5 Å². The Morgan fingerprint density at radius 3 is 2.83 bits per heavy atom. The van der Waals surface area contributed by atoms with E-state index in [0.29, 0.717) is 21.7 Å². The van der Waals surface area contributed by atoms with Crippen LogP contribution >= 0.6 is 11.3 Å². The van der Waals surface area contributed by atoms with Crippen molar-refractivity contribution in [2.24, 2.45) is 0 Å². The molecule has 4 N–H and O–H groups in total. The number of hydrogen-bond acceptors (Lipinski definition) is 6. The topological polar surface area (TPSA) is 98.1 Å². The molecular weight excluding hydrogens is 456 g/mol. The minimum absolute atomic E-state index is 0.0899. The first-order chi connectivity index (χ1) is 17.1. The van der Waals surface area contributed by atoms with Crippen LogP contribution in [0.4, 0.5) is 0 Å². The summed E-state index contributed by atoms with van der Waals surface area (Å²) >= 11 is 1.46. The van der Waals surface area contributed by atoms with E-state index in [0.717, 1.165) is 30.0 Å². The Balaban J connectivity index is 1.40. The molecule has 0 aliphatic carbocycles. The lowest BCUT2D eigenvalue weighted by molar-refractivity contribution is 0.0941. The van der Waals surface area contributed by atoms with E-state index in [-0.39, 0.29) is 18.1 Å². The minimum Gasteiger partial charge on any atom is -0.508 e. The first-order valence-electron chi connectivity index (χ1n) is 11.6. The van der Waals surface area contributed by atoms with E-state index < -0.39 is 6.04 Å². The zero-order chi connectivity index (χ0) is 24.2. The number of pyridine rings is 1. The van der Waals surface area contributed by atoms with E-state index >= 15 is 0 Å². The lowest BCUT2D eigenvalue weighted by Crippen LogP contribution is -2.29. The van der Waals surface area contributed by atoms with Gasteiger partial charge in [-0.25, -0.2) is 0 Å². The number of rotatable bonds is 7. The number of nitrogens with one attached hydrogen (secondary N) is 3. The first kappa shape index (κ1) is 23.0. The van der Waals surface area contributed by atoms with Gasteiger partial charge in [0.2, 0.25) is 0 Å². The highest BCUT2D eigenvalue weighted by molar-refractivity contribution is 7.17. The van der Waals surface area contributed by atoms with Gasteiger partial charge < -0.3 is 21.1 Å². The summed E-state index contributed by atoms with van der Waals surface area (Å²) in [6, 6.07) is 20.2. The summed E-state index contributed by atoms with van der Waals surface area (Å²) in [5.74, 6) is -0.136. The molecule has 0 fully saturated rings. The minimum atomic E-state index is -0.560. The van der Waals surface area contributed by atoms with Crippen LogP contribution in [0, 0.1) is 5.41 Å². The molecule has 1 atom stereocenters. The highest BCUT2D eigenvalue weighted by atomic mass is 32.1. The molecule has 7 heteroatoms. The Morgan fingerprint density at radius 1 is 1.11 bits per heavy atom. The van der Waals surface area contributed by atoms with Crippen LogP contribution in [0.15, 0.2) is 79.1 Å². The van der Waals surface area contributed by atoms with Gasteiger partial charge in [0.05, 0.1) is 10.9 Å². The van der Waals surface area contributed by atoms with Gasteiger partial charge in [0.25, 0.3) is 5.91 Å². The summed E-state index contributed by atoms with van der Waals surface area (Å²) in [6.07, 6.45) is 4.53. The first-order valence-corrected chi connectivity index (χ1v) is 12.4. The Morgan fingerprint density at radius 2 is 2.00 bits per heavy atom. The summed E-state index contributed by atoms with van der Waals surface area (Å²) in [7, 11) is 0.